The third kappa shape index (κ3) is 4.80. The molecule has 2 aliphatic carbocycles. The molecular weight excluding hydrogens is 543 g/mol. The van der Waals surface area contributed by atoms with E-state index in [1.54, 1.807) is 11.7 Å². The Morgan fingerprint density at radius 3 is 2.33 bits per heavy atom. The maximum absolute atomic E-state index is 13.4. The second-order valence-corrected chi connectivity index (χ2v) is 11.5. The maximum atomic E-state index is 13.4. The van der Waals surface area contributed by atoms with Crippen molar-refractivity contribution in [2.45, 2.75) is 70.1 Å². The van der Waals surface area contributed by atoms with Crippen molar-refractivity contribution >= 4 is 11.0 Å². The molecular formula is C31H30F3N7O. The van der Waals surface area contributed by atoms with E-state index in [0.29, 0.717) is 41.5 Å². The van der Waals surface area contributed by atoms with Crippen molar-refractivity contribution in [1.82, 2.24) is 34.1 Å². The van der Waals surface area contributed by atoms with E-state index in [2.05, 4.69) is 25.7 Å². The molecule has 4 heterocycles. The summed E-state index contributed by atoms with van der Waals surface area (Å²) in [7, 11) is 1.59. The molecule has 0 amide bonds. The van der Waals surface area contributed by atoms with Gasteiger partial charge >= 0.3 is 6.18 Å². The number of alkyl halides is 3. The van der Waals surface area contributed by atoms with Gasteiger partial charge in [0, 0.05) is 48.0 Å². The Morgan fingerprint density at radius 1 is 0.952 bits per heavy atom. The average Bonchev–Trinajstić information content (AvgIpc) is 3.92. The van der Waals surface area contributed by atoms with Crippen LogP contribution in [-0.4, -0.2) is 41.2 Å². The minimum Gasteiger partial charge on any atom is -0.480 e. The molecule has 0 N–H and O–H groups in total. The molecule has 0 bridgehead atoms. The minimum atomic E-state index is -4.50. The number of hydrogen-bond donors (Lipinski definition) is 0. The van der Waals surface area contributed by atoms with Crippen molar-refractivity contribution < 1.29 is 17.9 Å². The summed E-state index contributed by atoms with van der Waals surface area (Å²) in [6.45, 7) is 4.23. The quantitative estimate of drug-likeness (QED) is 0.196. The van der Waals surface area contributed by atoms with Crippen molar-refractivity contribution in [2.24, 2.45) is 0 Å². The van der Waals surface area contributed by atoms with Crippen LogP contribution < -0.4 is 4.74 Å². The average molecular weight is 574 g/mol. The molecule has 2 fully saturated rings. The first-order valence-corrected chi connectivity index (χ1v) is 14.2. The Morgan fingerprint density at radius 2 is 1.69 bits per heavy atom. The predicted molar refractivity (Wildman–Crippen MR) is 151 cm³/mol. The fourth-order valence-electron chi connectivity index (χ4n) is 5.56. The monoisotopic (exact) mass is 573 g/mol. The number of rotatable bonds is 8. The molecule has 11 heteroatoms. The fourth-order valence-corrected chi connectivity index (χ4v) is 5.56. The van der Waals surface area contributed by atoms with Crippen molar-refractivity contribution in [2.75, 3.05) is 7.11 Å². The highest BCUT2D eigenvalue weighted by atomic mass is 19.4. The molecule has 1 aromatic carbocycles. The zero-order chi connectivity index (χ0) is 29.2. The van der Waals surface area contributed by atoms with Gasteiger partial charge in [0.25, 0.3) is 0 Å². The number of aromatic nitrogens is 7. The molecule has 216 valence electrons. The molecule has 0 spiro atoms. The van der Waals surface area contributed by atoms with Gasteiger partial charge in [-0.25, -0.2) is 24.9 Å². The van der Waals surface area contributed by atoms with Gasteiger partial charge < -0.3 is 13.9 Å². The Balaban J connectivity index is 1.26. The molecule has 42 heavy (non-hydrogen) atoms. The van der Waals surface area contributed by atoms with Crippen molar-refractivity contribution in [3.63, 3.8) is 0 Å². The van der Waals surface area contributed by atoms with Gasteiger partial charge in [0.1, 0.15) is 23.4 Å². The Kier molecular flexibility index (Phi) is 6.29. The Labute approximate surface area is 240 Å². The summed E-state index contributed by atoms with van der Waals surface area (Å²) in [5, 5.41) is 1.03. The van der Waals surface area contributed by atoms with Gasteiger partial charge in [-0.3, -0.25) is 0 Å². The third-order valence-electron chi connectivity index (χ3n) is 8.03. The maximum Gasteiger partial charge on any atom is 0.434 e. The molecule has 0 aliphatic heterocycles. The van der Waals surface area contributed by atoms with E-state index >= 15 is 0 Å². The molecule has 7 rings (SSSR count). The lowest BCUT2D eigenvalue weighted by Gasteiger charge is -2.12. The van der Waals surface area contributed by atoms with E-state index in [9.17, 15) is 13.2 Å². The highest BCUT2D eigenvalue weighted by molar-refractivity contribution is 5.83. The third-order valence-corrected chi connectivity index (χ3v) is 8.03. The Bertz CT molecular complexity index is 1780. The van der Waals surface area contributed by atoms with Crippen LogP contribution in [0.4, 0.5) is 13.2 Å². The molecule has 5 aromatic rings. The summed E-state index contributed by atoms with van der Waals surface area (Å²) in [5.74, 6) is 2.17. The number of fused-ring (bicyclic) bond motifs is 1. The normalized spacial score (nSPS) is 15.6. The van der Waals surface area contributed by atoms with Gasteiger partial charge in [0.2, 0.25) is 5.88 Å². The zero-order valence-corrected chi connectivity index (χ0v) is 23.6. The number of imidazole rings is 1. The first kappa shape index (κ1) is 26.6. The molecule has 2 saturated carbocycles. The zero-order valence-electron chi connectivity index (χ0n) is 23.6. The summed E-state index contributed by atoms with van der Waals surface area (Å²) < 4.78 is 49.5. The molecule has 0 unspecified atom stereocenters. The van der Waals surface area contributed by atoms with Crippen LogP contribution in [0.3, 0.4) is 0 Å². The lowest BCUT2D eigenvalue weighted by atomic mass is 10.1. The van der Waals surface area contributed by atoms with Crippen LogP contribution in [0.2, 0.25) is 0 Å². The van der Waals surface area contributed by atoms with Gasteiger partial charge in [0.05, 0.1) is 12.8 Å². The summed E-state index contributed by atoms with van der Waals surface area (Å²) in [6, 6.07) is 7.37. The largest absolute Gasteiger partial charge is 0.480 e. The second kappa shape index (κ2) is 9.92. The smallest absolute Gasteiger partial charge is 0.434 e. The fraction of sp³-hybridized carbons (Fsp3) is 0.387. The van der Waals surface area contributed by atoms with Gasteiger partial charge in [0.15, 0.2) is 11.5 Å². The van der Waals surface area contributed by atoms with E-state index in [1.165, 1.54) is 11.9 Å². The van der Waals surface area contributed by atoms with Gasteiger partial charge in [-0.1, -0.05) is 24.3 Å². The summed E-state index contributed by atoms with van der Waals surface area (Å²) in [5.41, 5.74) is 4.47. The van der Waals surface area contributed by atoms with E-state index in [-0.39, 0.29) is 6.04 Å². The summed E-state index contributed by atoms with van der Waals surface area (Å²) >= 11 is 0. The molecule has 4 aromatic heterocycles. The van der Waals surface area contributed by atoms with E-state index < -0.39 is 11.9 Å². The van der Waals surface area contributed by atoms with Crippen LogP contribution in [0.25, 0.3) is 33.8 Å². The second-order valence-electron chi connectivity index (χ2n) is 11.5. The number of ether oxygens (including phenoxy) is 1. The molecule has 2 aliphatic rings. The Hall–Kier alpha value is -4.28. The number of hydrogen-bond acceptors (Lipinski definition) is 6. The van der Waals surface area contributed by atoms with Crippen LogP contribution in [0.15, 0.2) is 49.2 Å². The lowest BCUT2D eigenvalue weighted by Crippen LogP contribution is -2.05. The van der Waals surface area contributed by atoms with E-state index in [1.807, 2.05) is 44.3 Å². The summed E-state index contributed by atoms with van der Waals surface area (Å²) in [6.07, 6.45) is 6.61. The van der Waals surface area contributed by atoms with Crippen LogP contribution in [-0.2, 0) is 12.7 Å². The minimum absolute atomic E-state index is 0.168. The first-order valence-electron chi connectivity index (χ1n) is 14.2. The lowest BCUT2D eigenvalue weighted by molar-refractivity contribution is -0.140. The van der Waals surface area contributed by atoms with Crippen molar-refractivity contribution in [3.05, 3.63) is 71.7 Å². The molecule has 8 nitrogen and oxygen atoms in total. The number of benzene rings is 1. The molecule has 0 atom stereocenters. The van der Waals surface area contributed by atoms with Gasteiger partial charge in [-0.05, 0) is 56.6 Å². The number of halogens is 3. The van der Waals surface area contributed by atoms with Crippen molar-refractivity contribution in [3.8, 4) is 28.7 Å². The van der Waals surface area contributed by atoms with Crippen molar-refractivity contribution in [1.29, 1.82) is 0 Å². The van der Waals surface area contributed by atoms with Gasteiger partial charge in [-0.2, -0.15) is 13.2 Å². The standard InChI is InChI=1S/C31H30F3N7O/c1-17(2)41-15-24(31(32,33)34)38-28(41)21-6-4-18(5-7-21)13-40-14-23(19-8-9-19)22-12-35-27(39-29(22)40)25-26(20-10-11-20)36-16-37-30(25)42-3/h4-7,12,14-17,19-20H,8-11,13H2,1-3H3. The van der Waals surface area contributed by atoms with E-state index in [0.717, 1.165) is 59.7 Å². The SMILES string of the molecule is COc1ncnc(C2CC2)c1-c1ncc2c(C3CC3)cn(Cc3ccc(-c4nc(C(F)(F)F)cn4C(C)C)cc3)c2n1. The highest BCUT2D eigenvalue weighted by Crippen LogP contribution is 2.46. The van der Waals surface area contributed by atoms with Crippen LogP contribution in [0.1, 0.15) is 79.9 Å². The number of nitrogens with zero attached hydrogens (tertiary/aromatic N) is 7. The topological polar surface area (TPSA) is 83.5 Å². The first-order chi connectivity index (χ1) is 20.2. The van der Waals surface area contributed by atoms with Crippen LogP contribution in [0.5, 0.6) is 5.88 Å². The number of methoxy groups -OCH3 is 1. The highest BCUT2D eigenvalue weighted by Gasteiger charge is 2.35. The van der Waals surface area contributed by atoms with E-state index in [4.69, 9.17) is 14.7 Å². The molecule has 0 radical (unpaired) electrons. The van der Waals surface area contributed by atoms with Crippen LogP contribution in [0, 0.1) is 0 Å². The molecule has 0 saturated heterocycles. The van der Waals surface area contributed by atoms with Gasteiger partial charge in [-0.15, -0.1) is 0 Å². The predicted octanol–water partition coefficient (Wildman–Crippen LogP) is 7.16. The van der Waals surface area contributed by atoms with Crippen LogP contribution >= 0.6 is 0 Å². The summed E-state index contributed by atoms with van der Waals surface area (Å²) in [4.78, 5) is 22.6.